The van der Waals surface area contributed by atoms with Crippen LogP contribution in [0.1, 0.15) is 13.8 Å². The van der Waals surface area contributed by atoms with Crippen molar-refractivity contribution in [1.82, 2.24) is 5.06 Å². The van der Waals surface area contributed by atoms with Crippen molar-refractivity contribution >= 4 is 19.1 Å². The molecule has 0 aromatic carbocycles. The monoisotopic (exact) mass is 249 g/mol. The maximum atomic E-state index is 11.5. The molecule has 1 aliphatic rings. The van der Waals surface area contributed by atoms with Gasteiger partial charge in [-0.25, -0.2) is 5.06 Å². The molecule has 16 heavy (non-hydrogen) atoms. The van der Waals surface area contributed by atoms with Gasteiger partial charge in [-0.15, -0.1) is 0 Å². The summed E-state index contributed by atoms with van der Waals surface area (Å²) in [5.41, 5.74) is 0. The predicted octanol–water partition coefficient (Wildman–Crippen LogP) is 0.254. The minimum atomic E-state index is -3.37. The average molecular weight is 249 g/mol. The normalized spacial score (nSPS) is 29.2. The van der Waals surface area contributed by atoms with Gasteiger partial charge in [0.25, 0.3) is 5.91 Å². The zero-order valence-electron chi connectivity index (χ0n) is 9.54. The van der Waals surface area contributed by atoms with E-state index in [1.165, 1.54) is 0 Å². The first kappa shape index (κ1) is 13.4. The van der Waals surface area contributed by atoms with E-state index in [4.69, 9.17) is 9.73 Å². The molecule has 1 saturated heterocycles. The fourth-order valence-corrected chi connectivity index (χ4v) is 2.18. The Bertz CT molecular complexity index is 350. The fourth-order valence-electron chi connectivity index (χ4n) is 1.42. The smallest absolute Gasteiger partial charge is 0.252 e. The molecule has 0 radical (unpaired) electrons. The Labute approximate surface area is 94.0 Å². The van der Waals surface area contributed by atoms with Crippen molar-refractivity contribution in [3.63, 3.8) is 0 Å². The molecule has 6 nitrogen and oxygen atoms in total. The van der Waals surface area contributed by atoms with E-state index < -0.39 is 19.3 Å². The number of Topliss-reactive ketones (excluding diaryl/α,β-unsaturated/α-hetero) is 1. The molecule has 1 amide bonds. The van der Waals surface area contributed by atoms with Crippen molar-refractivity contribution in [3.05, 3.63) is 0 Å². The third-order valence-electron chi connectivity index (χ3n) is 2.42. The first-order chi connectivity index (χ1) is 7.20. The van der Waals surface area contributed by atoms with Gasteiger partial charge in [-0.3, -0.25) is 19.0 Å². The van der Waals surface area contributed by atoms with Crippen molar-refractivity contribution in [2.24, 2.45) is 5.92 Å². The second kappa shape index (κ2) is 4.65. The summed E-state index contributed by atoms with van der Waals surface area (Å²) in [4.78, 5) is 37.1. The summed E-state index contributed by atoms with van der Waals surface area (Å²) in [7, 11) is -3.37. The quantitative estimate of drug-likeness (QED) is 0.722. The lowest BCUT2D eigenvalue weighted by Crippen LogP contribution is -2.32. The SMILES string of the molecule is CC1ON(CC(=O)CP(C)(=O)O)C(=O)C1C. The second-order valence-corrected chi connectivity index (χ2v) is 6.64. The Balaban J connectivity index is 2.53. The molecule has 1 aliphatic heterocycles. The van der Waals surface area contributed by atoms with Crippen molar-refractivity contribution in [1.29, 1.82) is 0 Å². The maximum Gasteiger partial charge on any atom is 0.252 e. The Hall–Kier alpha value is -0.710. The first-order valence-electron chi connectivity index (χ1n) is 5.00. The molecule has 1 fully saturated rings. The van der Waals surface area contributed by atoms with E-state index in [0.717, 1.165) is 11.7 Å². The van der Waals surface area contributed by atoms with Crippen LogP contribution in [-0.4, -0.2) is 47.1 Å². The van der Waals surface area contributed by atoms with Crippen LogP contribution in [0.2, 0.25) is 0 Å². The van der Waals surface area contributed by atoms with Crippen LogP contribution < -0.4 is 0 Å². The number of rotatable bonds is 4. The van der Waals surface area contributed by atoms with Crippen LogP contribution >= 0.6 is 7.37 Å². The summed E-state index contributed by atoms with van der Waals surface area (Å²) in [5.74, 6) is -1.01. The van der Waals surface area contributed by atoms with Gasteiger partial charge in [0.15, 0.2) is 5.78 Å². The Morgan fingerprint density at radius 1 is 1.56 bits per heavy atom. The number of nitrogens with zero attached hydrogens (tertiary/aromatic N) is 1. The zero-order chi connectivity index (χ0) is 12.5. The van der Waals surface area contributed by atoms with Gasteiger partial charge in [-0.1, -0.05) is 6.92 Å². The Kier molecular flexibility index (Phi) is 3.88. The first-order valence-corrected chi connectivity index (χ1v) is 7.29. The predicted molar refractivity (Wildman–Crippen MR) is 57.0 cm³/mol. The van der Waals surface area contributed by atoms with E-state index in [1.807, 2.05) is 0 Å². The number of carbonyl (C=O) groups excluding carboxylic acids is 2. The Morgan fingerprint density at radius 3 is 2.50 bits per heavy atom. The van der Waals surface area contributed by atoms with Gasteiger partial charge < -0.3 is 4.89 Å². The van der Waals surface area contributed by atoms with Crippen LogP contribution in [0.3, 0.4) is 0 Å². The van der Waals surface area contributed by atoms with Crippen LogP contribution in [0.25, 0.3) is 0 Å². The summed E-state index contributed by atoms with van der Waals surface area (Å²) < 4.78 is 11.0. The fraction of sp³-hybridized carbons (Fsp3) is 0.778. The topological polar surface area (TPSA) is 83.9 Å². The number of hydrogen-bond donors (Lipinski definition) is 1. The van der Waals surface area contributed by atoms with Gasteiger partial charge in [-0.2, -0.15) is 0 Å². The molecule has 0 spiro atoms. The van der Waals surface area contributed by atoms with Crippen molar-refractivity contribution in [2.75, 3.05) is 19.4 Å². The van der Waals surface area contributed by atoms with Gasteiger partial charge >= 0.3 is 0 Å². The van der Waals surface area contributed by atoms with Gasteiger partial charge in [0, 0.05) is 6.66 Å². The van der Waals surface area contributed by atoms with Crippen LogP contribution in [-0.2, 0) is 19.0 Å². The molecule has 0 aromatic heterocycles. The lowest BCUT2D eigenvalue weighted by molar-refractivity contribution is -0.173. The minimum absolute atomic E-state index is 0.258. The van der Waals surface area contributed by atoms with Crippen LogP contribution in [0.4, 0.5) is 0 Å². The highest BCUT2D eigenvalue weighted by Crippen LogP contribution is 2.34. The molecule has 0 bridgehead atoms. The Morgan fingerprint density at radius 2 is 2.12 bits per heavy atom. The number of ketones is 1. The van der Waals surface area contributed by atoms with E-state index in [0.29, 0.717) is 0 Å². The van der Waals surface area contributed by atoms with Crippen molar-refractivity contribution in [2.45, 2.75) is 20.0 Å². The molecule has 1 heterocycles. The molecule has 3 unspecified atom stereocenters. The molecular formula is C9H16NO5P. The number of hydroxylamine groups is 2. The summed E-state index contributed by atoms with van der Waals surface area (Å²) in [5, 5.41) is 0.979. The molecule has 0 aromatic rings. The third-order valence-corrected chi connectivity index (χ3v) is 3.36. The maximum absolute atomic E-state index is 11.5. The molecule has 0 aliphatic carbocycles. The second-order valence-electron chi connectivity index (χ2n) is 4.22. The van der Waals surface area contributed by atoms with E-state index >= 15 is 0 Å². The molecule has 0 saturated carbocycles. The van der Waals surface area contributed by atoms with Crippen LogP contribution in [0, 0.1) is 5.92 Å². The van der Waals surface area contributed by atoms with Gasteiger partial charge in [-0.05, 0) is 6.92 Å². The van der Waals surface area contributed by atoms with Crippen LogP contribution in [0.15, 0.2) is 0 Å². The van der Waals surface area contributed by atoms with Gasteiger partial charge in [0.05, 0.1) is 18.2 Å². The number of carbonyl (C=O) groups is 2. The standard InChI is InChI=1S/C9H16NO5P/c1-6-7(2)15-10(9(6)12)4-8(11)5-16(3,13)14/h6-7H,4-5H2,1-3H3,(H,13,14). The highest BCUT2D eigenvalue weighted by Gasteiger charge is 2.37. The molecule has 92 valence electrons. The molecule has 1 N–H and O–H groups in total. The minimum Gasteiger partial charge on any atom is -0.344 e. The average Bonchev–Trinajstić information content (AvgIpc) is 2.30. The summed E-state index contributed by atoms with van der Waals surface area (Å²) in [6.07, 6.45) is -0.689. The summed E-state index contributed by atoms with van der Waals surface area (Å²) >= 11 is 0. The van der Waals surface area contributed by atoms with Crippen molar-refractivity contribution < 1.29 is 23.9 Å². The molecular weight excluding hydrogens is 233 g/mol. The molecule has 7 heteroatoms. The zero-order valence-corrected chi connectivity index (χ0v) is 10.4. The van der Waals surface area contributed by atoms with Gasteiger partial charge in [0.1, 0.15) is 6.54 Å². The van der Waals surface area contributed by atoms with E-state index in [2.05, 4.69) is 0 Å². The van der Waals surface area contributed by atoms with Crippen molar-refractivity contribution in [3.8, 4) is 0 Å². The molecule has 1 rings (SSSR count). The number of amides is 1. The highest BCUT2D eigenvalue weighted by atomic mass is 31.2. The van der Waals surface area contributed by atoms with E-state index in [-0.39, 0.29) is 24.5 Å². The lowest BCUT2D eigenvalue weighted by atomic mass is 10.1. The van der Waals surface area contributed by atoms with Crippen LogP contribution in [0.5, 0.6) is 0 Å². The summed E-state index contributed by atoms with van der Waals surface area (Å²) in [6.45, 7) is 4.31. The highest BCUT2D eigenvalue weighted by molar-refractivity contribution is 7.58. The third kappa shape index (κ3) is 3.40. The molecule has 3 atom stereocenters. The van der Waals surface area contributed by atoms with E-state index in [9.17, 15) is 14.2 Å². The van der Waals surface area contributed by atoms with Gasteiger partial charge in [0.2, 0.25) is 7.37 Å². The number of hydrogen-bond acceptors (Lipinski definition) is 4. The largest absolute Gasteiger partial charge is 0.344 e. The summed E-state index contributed by atoms with van der Waals surface area (Å²) in [6, 6.07) is 0. The van der Waals surface area contributed by atoms with E-state index in [1.54, 1.807) is 13.8 Å². The lowest BCUT2D eigenvalue weighted by Gasteiger charge is -2.14.